The van der Waals surface area contributed by atoms with Gasteiger partial charge in [0.1, 0.15) is 0 Å². The van der Waals surface area contributed by atoms with Crippen LogP contribution < -0.4 is 4.72 Å². The van der Waals surface area contributed by atoms with Crippen LogP contribution in [0.5, 0.6) is 0 Å². The van der Waals surface area contributed by atoms with Gasteiger partial charge in [0, 0.05) is 18.2 Å². The first kappa shape index (κ1) is 5.69. The van der Waals surface area contributed by atoms with Crippen molar-refractivity contribution in [2.45, 2.75) is 0 Å². The van der Waals surface area contributed by atoms with Crippen LogP contribution in [0.25, 0.3) is 0 Å². The fourth-order valence-electron chi connectivity index (χ4n) is 0.422. The Morgan fingerprint density at radius 1 is 1.62 bits per heavy atom. The molecule has 0 aromatic rings. The van der Waals surface area contributed by atoms with Crippen LogP contribution in [0, 0.1) is 0 Å². The predicted octanol–water partition coefficient (Wildman–Crippen LogP) is 0.822. The van der Waals surface area contributed by atoms with Gasteiger partial charge < -0.3 is 4.72 Å². The average Bonchev–Trinajstić information content (AvgIpc) is 1.62. The van der Waals surface area contributed by atoms with E-state index < -0.39 is 0 Å². The summed E-state index contributed by atoms with van der Waals surface area (Å²) in [6.45, 7) is 0.813. The minimum Gasteiger partial charge on any atom is -0.336 e. The van der Waals surface area contributed by atoms with Gasteiger partial charge in [-0.3, -0.25) is 4.99 Å². The molecule has 0 spiro atoms. The molecule has 1 aliphatic heterocycles. The zero-order chi connectivity index (χ0) is 5.66. The Morgan fingerprint density at radius 2 is 2.62 bits per heavy atom. The molecular formula is C5H8N2S. The van der Waals surface area contributed by atoms with Gasteiger partial charge in [0.25, 0.3) is 0 Å². The molecule has 1 rings (SSSR count). The Labute approximate surface area is 53.2 Å². The second kappa shape index (κ2) is 3.55. The van der Waals surface area contributed by atoms with Gasteiger partial charge in [0.15, 0.2) is 0 Å². The lowest BCUT2D eigenvalue weighted by Crippen LogP contribution is -1.97. The molecule has 0 unspecified atom stereocenters. The Hall–Kier alpha value is -0.440. The zero-order valence-corrected chi connectivity index (χ0v) is 5.32. The topological polar surface area (TPSA) is 24.4 Å². The highest BCUT2D eigenvalue weighted by atomic mass is 32.2. The maximum Gasteiger partial charge on any atom is 0.0583 e. The summed E-state index contributed by atoms with van der Waals surface area (Å²) in [4.78, 5) is 4.06. The standard InChI is InChI=1S/C5H8N2S/c1-2-6-4-5-8-7-3-1/h1,3-4,7H,2,5H2. The molecule has 0 amide bonds. The summed E-state index contributed by atoms with van der Waals surface area (Å²) in [6, 6.07) is 0. The van der Waals surface area contributed by atoms with Gasteiger partial charge in [-0.1, -0.05) is 0 Å². The van der Waals surface area contributed by atoms with E-state index in [1.54, 1.807) is 11.9 Å². The molecule has 2 nitrogen and oxygen atoms in total. The molecule has 1 N–H and O–H groups in total. The van der Waals surface area contributed by atoms with Gasteiger partial charge in [0.05, 0.1) is 6.54 Å². The molecule has 0 aromatic carbocycles. The van der Waals surface area contributed by atoms with Crippen LogP contribution in [0.3, 0.4) is 0 Å². The minimum absolute atomic E-state index is 0.813. The molecule has 0 aromatic heterocycles. The molecule has 44 valence electrons. The maximum absolute atomic E-state index is 4.06. The fraction of sp³-hybridized carbons (Fsp3) is 0.400. The Morgan fingerprint density at radius 3 is 3.62 bits per heavy atom. The van der Waals surface area contributed by atoms with E-state index in [4.69, 9.17) is 0 Å². The first-order valence-corrected chi connectivity index (χ1v) is 3.49. The van der Waals surface area contributed by atoms with Crippen molar-refractivity contribution in [1.82, 2.24) is 4.72 Å². The van der Waals surface area contributed by atoms with E-state index in [0.717, 1.165) is 12.3 Å². The molecule has 3 heteroatoms. The zero-order valence-electron chi connectivity index (χ0n) is 4.50. The summed E-state index contributed by atoms with van der Waals surface area (Å²) in [5.41, 5.74) is 0. The van der Waals surface area contributed by atoms with Crippen LogP contribution in [0.15, 0.2) is 17.3 Å². The number of rotatable bonds is 0. The van der Waals surface area contributed by atoms with E-state index in [-0.39, 0.29) is 0 Å². The number of nitrogens with one attached hydrogen (secondary N) is 1. The van der Waals surface area contributed by atoms with Crippen molar-refractivity contribution in [2.75, 3.05) is 12.3 Å². The summed E-state index contributed by atoms with van der Waals surface area (Å²) in [6.07, 6.45) is 5.82. The van der Waals surface area contributed by atoms with Crippen molar-refractivity contribution < 1.29 is 0 Å². The lowest BCUT2D eigenvalue weighted by atomic mass is 10.6. The number of hydrogen-bond donors (Lipinski definition) is 1. The van der Waals surface area contributed by atoms with Crippen LogP contribution >= 0.6 is 11.9 Å². The second-order valence-electron chi connectivity index (χ2n) is 1.38. The van der Waals surface area contributed by atoms with Gasteiger partial charge in [-0.05, 0) is 18.0 Å². The highest BCUT2D eigenvalue weighted by Crippen LogP contribution is 1.91. The van der Waals surface area contributed by atoms with E-state index in [0.29, 0.717) is 0 Å². The molecule has 0 radical (unpaired) electrons. The fourth-order valence-corrected chi connectivity index (χ4v) is 0.891. The van der Waals surface area contributed by atoms with Gasteiger partial charge in [-0.25, -0.2) is 0 Å². The minimum atomic E-state index is 0.813. The summed E-state index contributed by atoms with van der Waals surface area (Å²) >= 11 is 1.64. The lowest BCUT2D eigenvalue weighted by Gasteiger charge is -1.96. The third kappa shape index (κ3) is 2.02. The van der Waals surface area contributed by atoms with E-state index in [1.807, 2.05) is 18.5 Å². The average molecular weight is 128 g/mol. The molecule has 0 atom stereocenters. The Bertz CT molecular complexity index is 97.0. The van der Waals surface area contributed by atoms with Gasteiger partial charge in [-0.2, -0.15) is 0 Å². The maximum atomic E-state index is 4.06. The monoisotopic (exact) mass is 128 g/mol. The normalized spacial score (nSPS) is 19.0. The molecule has 0 saturated heterocycles. The largest absolute Gasteiger partial charge is 0.336 e. The van der Waals surface area contributed by atoms with Crippen molar-refractivity contribution in [3.05, 3.63) is 12.3 Å². The van der Waals surface area contributed by atoms with Crippen LogP contribution in [-0.4, -0.2) is 18.5 Å². The van der Waals surface area contributed by atoms with Crippen molar-refractivity contribution in [3.63, 3.8) is 0 Å². The Balaban J connectivity index is 2.31. The van der Waals surface area contributed by atoms with E-state index in [1.165, 1.54) is 0 Å². The van der Waals surface area contributed by atoms with Crippen LogP contribution in [0.4, 0.5) is 0 Å². The number of hydrogen-bond acceptors (Lipinski definition) is 3. The summed E-state index contributed by atoms with van der Waals surface area (Å²) in [5, 5.41) is 0. The highest BCUT2D eigenvalue weighted by molar-refractivity contribution is 7.98. The third-order valence-electron chi connectivity index (χ3n) is 0.767. The van der Waals surface area contributed by atoms with Crippen LogP contribution in [0.1, 0.15) is 0 Å². The van der Waals surface area contributed by atoms with Crippen LogP contribution in [-0.2, 0) is 0 Å². The van der Waals surface area contributed by atoms with Crippen molar-refractivity contribution in [3.8, 4) is 0 Å². The van der Waals surface area contributed by atoms with Crippen molar-refractivity contribution in [1.29, 1.82) is 0 Å². The first-order valence-electron chi connectivity index (χ1n) is 2.51. The quantitative estimate of drug-likeness (QED) is 0.488. The van der Waals surface area contributed by atoms with Gasteiger partial charge in [-0.15, -0.1) is 0 Å². The SMILES string of the molecule is C1=CNSCC=NC1. The second-order valence-corrected chi connectivity index (χ2v) is 2.24. The van der Waals surface area contributed by atoms with Gasteiger partial charge in [0.2, 0.25) is 0 Å². The third-order valence-corrected chi connectivity index (χ3v) is 1.39. The van der Waals surface area contributed by atoms with Gasteiger partial charge >= 0.3 is 0 Å². The molecule has 0 saturated carbocycles. The van der Waals surface area contributed by atoms with Crippen molar-refractivity contribution in [2.24, 2.45) is 4.99 Å². The molecule has 8 heavy (non-hydrogen) atoms. The molecule has 0 bridgehead atoms. The Kier molecular flexibility index (Phi) is 2.52. The van der Waals surface area contributed by atoms with E-state index >= 15 is 0 Å². The molecule has 1 heterocycles. The number of nitrogens with zero attached hydrogens (tertiary/aromatic N) is 1. The van der Waals surface area contributed by atoms with Crippen LogP contribution in [0.2, 0.25) is 0 Å². The molecule has 1 aliphatic rings. The predicted molar refractivity (Wildman–Crippen MR) is 38.1 cm³/mol. The van der Waals surface area contributed by atoms with E-state index in [2.05, 4.69) is 9.71 Å². The molecular weight excluding hydrogens is 120 g/mol. The summed E-state index contributed by atoms with van der Waals surface area (Å²) in [5.74, 6) is 0.963. The first-order chi connectivity index (χ1) is 4.00. The van der Waals surface area contributed by atoms with Crippen molar-refractivity contribution >= 4 is 18.2 Å². The molecule has 0 aliphatic carbocycles. The van der Waals surface area contributed by atoms with E-state index in [9.17, 15) is 0 Å². The lowest BCUT2D eigenvalue weighted by molar-refractivity contribution is 1.22. The summed E-state index contributed by atoms with van der Waals surface area (Å²) < 4.78 is 3.03. The number of aliphatic imine (C=N–C) groups is 1. The molecule has 0 fully saturated rings. The highest BCUT2D eigenvalue weighted by Gasteiger charge is 1.81. The summed E-state index contributed by atoms with van der Waals surface area (Å²) in [7, 11) is 0. The smallest absolute Gasteiger partial charge is 0.0583 e.